The van der Waals surface area contributed by atoms with Gasteiger partial charge >= 0.3 is 0 Å². The standard InChI is InChI=1S/C17H22N4O3/c1-20-8-10-21(11-9-20)16(22)7-6-15-18-19-17(24-15)13-4-3-5-14(12-13)23-2/h3-5,12H,6-11H2,1-2H3. The Morgan fingerprint density at radius 1 is 1.25 bits per heavy atom. The third-order valence-electron chi connectivity index (χ3n) is 4.19. The number of likely N-dealkylation sites (N-methyl/N-ethyl adjacent to an activating group) is 1. The molecule has 128 valence electrons. The Hall–Kier alpha value is -2.41. The first-order valence-electron chi connectivity index (χ1n) is 8.09. The van der Waals surface area contributed by atoms with Crippen LogP contribution in [0.25, 0.3) is 11.5 Å². The van der Waals surface area contributed by atoms with Gasteiger partial charge in [0.15, 0.2) is 0 Å². The Bertz CT molecular complexity index is 693. The molecule has 1 fully saturated rings. The number of ether oxygens (including phenoxy) is 1. The monoisotopic (exact) mass is 330 g/mol. The second-order valence-electron chi connectivity index (χ2n) is 5.92. The van der Waals surface area contributed by atoms with Gasteiger partial charge < -0.3 is 19.0 Å². The highest BCUT2D eigenvalue weighted by atomic mass is 16.5. The van der Waals surface area contributed by atoms with Crippen LogP contribution in [-0.4, -0.2) is 66.2 Å². The van der Waals surface area contributed by atoms with Crippen LogP contribution in [0, 0.1) is 0 Å². The van der Waals surface area contributed by atoms with E-state index < -0.39 is 0 Å². The van der Waals surface area contributed by atoms with Crippen LogP contribution in [0.2, 0.25) is 0 Å². The quantitative estimate of drug-likeness (QED) is 0.826. The Morgan fingerprint density at radius 2 is 2.04 bits per heavy atom. The van der Waals surface area contributed by atoms with Crippen molar-refractivity contribution >= 4 is 5.91 Å². The highest BCUT2D eigenvalue weighted by Gasteiger charge is 2.19. The normalized spacial score (nSPS) is 15.5. The summed E-state index contributed by atoms with van der Waals surface area (Å²) < 4.78 is 10.9. The lowest BCUT2D eigenvalue weighted by Crippen LogP contribution is -2.47. The van der Waals surface area contributed by atoms with Crippen molar-refractivity contribution < 1.29 is 13.9 Å². The molecule has 24 heavy (non-hydrogen) atoms. The Morgan fingerprint density at radius 3 is 2.79 bits per heavy atom. The summed E-state index contributed by atoms with van der Waals surface area (Å²) in [4.78, 5) is 16.4. The Kier molecular flexibility index (Phi) is 5.10. The molecule has 7 nitrogen and oxygen atoms in total. The first-order chi connectivity index (χ1) is 11.7. The SMILES string of the molecule is COc1cccc(-c2nnc(CCC(=O)N3CCN(C)CC3)o2)c1. The van der Waals surface area contributed by atoms with E-state index in [0.29, 0.717) is 24.6 Å². The molecule has 1 amide bonds. The van der Waals surface area contributed by atoms with Gasteiger partial charge in [0.2, 0.25) is 17.7 Å². The van der Waals surface area contributed by atoms with Gasteiger partial charge in [-0.1, -0.05) is 6.07 Å². The summed E-state index contributed by atoms with van der Waals surface area (Å²) in [5.41, 5.74) is 0.804. The molecule has 0 unspecified atom stereocenters. The number of aryl methyl sites for hydroxylation is 1. The van der Waals surface area contributed by atoms with Gasteiger partial charge in [0.1, 0.15) is 5.75 Å². The summed E-state index contributed by atoms with van der Waals surface area (Å²) in [5, 5.41) is 8.10. The molecule has 7 heteroatoms. The number of carbonyl (C=O) groups is 1. The average molecular weight is 330 g/mol. The molecular formula is C17H22N4O3. The highest BCUT2D eigenvalue weighted by Crippen LogP contribution is 2.22. The van der Waals surface area contributed by atoms with E-state index in [-0.39, 0.29) is 5.91 Å². The molecule has 3 rings (SSSR count). The van der Waals surface area contributed by atoms with Crippen molar-refractivity contribution in [1.29, 1.82) is 0 Å². The van der Waals surface area contributed by atoms with Crippen molar-refractivity contribution in [3.8, 4) is 17.2 Å². The van der Waals surface area contributed by atoms with E-state index >= 15 is 0 Å². The fraction of sp³-hybridized carbons (Fsp3) is 0.471. The lowest BCUT2D eigenvalue weighted by Gasteiger charge is -2.32. The lowest BCUT2D eigenvalue weighted by atomic mass is 10.2. The van der Waals surface area contributed by atoms with E-state index in [1.54, 1.807) is 7.11 Å². The van der Waals surface area contributed by atoms with Crippen molar-refractivity contribution in [2.45, 2.75) is 12.8 Å². The van der Waals surface area contributed by atoms with Crippen LogP contribution in [0.1, 0.15) is 12.3 Å². The van der Waals surface area contributed by atoms with E-state index in [2.05, 4.69) is 22.1 Å². The number of hydrogen-bond donors (Lipinski definition) is 0. The van der Waals surface area contributed by atoms with Gasteiger partial charge in [-0.2, -0.15) is 0 Å². The molecule has 0 bridgehead atoms. The van der Waals surface area contributed by atoms with Crippen LogP contribution >= 0.6 is 0 Å². The Labute approximate surface area is 141 Å². The Balaban J connectivity index is 1.57. The molecule has 2 aromatic rings. The number of carbonyl (C=O) groups excluding carboxylic acids is 1. The maximum Gasteiger partial charge on any atom is 0.247 e. The van der Waals surface area contributed by atoms with Crippen LogP contribution in [0.4, 0.5) is 0 Å². The number of amides is 1. The van der Waals surface area contributed by atoms with Crippen molar-refractivity contribution in [2.75, 3.05) is 40.3 Å². The molecule has 2 heterocycles. The minimum atomic E-state index is 0.143. The van der Waals surface area contributed by atoms with E-state index in [9.17, 15) is 4.79 Å². The summed E-state index contributed by atoms with van der Waals surface area (Å²) in [7, 11) is 3.68. The fourth-order valence-corrected chi connectivity index (χ4v) is 2.66. The second-order valence-corrected chi connectivity index (χ2v) is 5.92. The van der Waals surface area contributed by atoms with Crippen molar-refractivity contribution in [1.82, 2.24) is 20.0 Å². The molecule has 0 spiro atoms. The largest absolute Gasteiger partial charge is 0.497 e. The molecular weight excluding hydrogens is 308 g/mol. The van der Waals surface area contributed by atoms with E-state index in [1.165, 1.54) is 0 Å². The van der Waals surface area contributed by atoms with Gasteiger partial charge in [0.05, 0.1) is 7.11 Å². The minimum absolute atomic E-state index is 0.143. The molecule has 1 aliphatic heterocycles. The number of nitrogens with zero attached hydrogens (tertiary/aromatic N) is 4. The number of benzene rings is 1. The zero-order valence-electron chi connectivity index (χ0n) is 14.1. The van der Waals surface area contributed by atoms with Gasteiger partial charge in [-0.25, -0.2) is 0 Å². The van der Waals surface area contributed by atoms with Gasteiger partial charge in [-0.05, 0) is 25.2 Å². The third kappa shape index (κ3) is 3.91. The highest BCUT2D eigenvalue weighted by molar-refractivity contribution is 5.76. The first kappa shape index (κ1) is 16.4. The van der Waals surface area contributed by atoms with E-state index in [1.807, 2.05) is 29.2 Å². The van der Waals surface area contributed by atoms with Crippen molar-refractivity contribution in [3.63, 3.8) is 0 Å². The zero-order valence-corrected chi connectivity index (χ0v) is 14.1. The third-order valence-corrected chi connectivity index (χ3v) is 4.19. The molecule has 0 saturated carbocycles. The van der Waals surface area contributed by atoms with Gasteiger partial charge in [-0.3, -0.25) is 4.79 Å². The maximum atomic E-state index is 12.2. The molecule has 1 saturated heterocycles. The first-order valence-corrected chi connectivity index (χ1v) is 8.09. The number of aromatic nitrogens is 2. The predicted molar refractivity (Wildman–Crippen MR) is 88.7 cm³/mol. The predicted octanol–water partition coefficient (Wildman–Crippen LogP) is 1.45. The van der Waals surface area contributed by atoms with Crippen molar-refractivity contribution in [2.24, 2.45) is 0 Å². The summed E-state index contributed by atoms with van der Waals surface area (Å²) >= 11 is 0. The summed E-state index contributed by atoms with van der Waals surface area (Å²) in [6.45, 7) is 3.42. The average Bonchev–Trinajstić information content (AvgIpc) is 3.09. The molecule has 0 N–H and O–H groups in total. The summed E-state index contributed by atoms with van der Waals surface area (Å²) in [6.07, 6.45) is 0.853. The van der Waals surface area contributed by atoms with Crippen LogP contribution in [-0.2, 0) is 11.2 Å². The number of piperazine rings is 1. The van der Waals surface area contributed by atoms with Crippen molar-refractivity contribution in [3.05, 3.63) is 30.2 Å². The molecule has 1 aromatic carbocycles. The molecule has 1 aliphatic rings. The van der Waals surface area contributed by atoms with Crippen LogP contribution < -0.4 is 4.74 Å². The van der Waals surface area contributed by atoms with Crippen LogP contribution in [0.15, 0.2) is 28.7 Å². The van der Waals surface area contributed by atoms with Crippen LogP contribution in [0.3, 0.4) is 0 Å². The fourth-order valence-electron chi connectivity index (χ4n) is 2.66. The van der Waals surface area contributed by atoms with Gasteiger partial charge in [-0.15, -0.1) is 10.2 Å². The van der Waals surface area contributed by atoms with Crippen LogP contribution in [0.5, 0.6) is 5.75 Å². The number of hydrogen-bond acceptors (Lipinski definition) is 6. The molecule has 1 aromatic heterocycles. The smallest absolute Gasteiger partial charge is 0.247 e. The topological polar surface area (TPSA) is 71.7 Å². The molecule has 0 radical (unpaired) electrons. The minimum Gasteiger partial charge on any atom is -0.497 e. The maximum absolute atomic E-state index is 12.2. The van der Waals surface area contributed by atoms with E-state index in [4.69, 9.17) is 9.15 Å². The van der Waals surface area contributed by atoms with Gasteiger partial charge in [0, 0.05) is 44.6 Å². The number of rotatable bonds is 5. The number of methoxy groups -OCH3 is 1. The summed E-state index contributed by atoms with van der Waals surface area (Å²) in [6, 6.07) is 7.45. The second kappa shape index (κ2) is 7.44. The molecule has 0 aliphatic carbocycles. The van der Waals surface area contributed by atoms with E-state index in [0.717, 1.165) is 37.5 Å². The zero-order chi connectivity index (χ0) is 16.9. The lowest BCUT2D eigenvalue weighted by molar-refractivity contribution is -0.132. The molecule has 0 atom stereocenters. The van der Waals surface area contributed by atoms with Gasteiger partial charge in [0.25, 0.3) is 0 Å². The summed E-state index contributed by atoms with van der Waals surface area (Å²) in [5.74, 6) is 1.80.